The second kappa shape index (κ2) is 6.90. The van der Waals surface area contributed by atoms with Gasteiger partial charge in [0, 0.05) is 20.0 Å². The molecule has 4 heteroatoms. The van der Waals surface area contributed by atoms with Crippen molar-refractivity contribution < 1.29 is 14.0 Å². The van der Waals surface area contributed by atoms with Crippen molar-refractivity contribution in [2.24, 2.45) is 0 Å². The van der Waals surface area contributed by atoms with Crippen molar-refractivity contribution in [1.82, 2.24) is 0 Å². The van der Waals surface area contributed by atoms with E-state index in [2.05, 4.69) is 19.6 Å². The van der Waals surface area contributed by atoms with Crippen LogP contribution in [0.25, 0.3) is 6.08 Å². The summed E-state index contributed by atoms with van der Waals surface area (Å²) in [5, 5.41) is 0. The van der Waals surface area contributed by atoms with E-state index in [1.807, 2.05) is 42.5 Å². The third kappa shape index (κ3) is 4.38. The first-order valence-corrected chi connectivity index (χ1v) is 11.2. The Morgan fingerprint density at radius 3 is 2.41 bits per heavy atom. The SMILES string of the molecule is COC(/C=C/c1ccccc1)CC1(O[Si](C)(C)C)CCC1=O. The van der Waals surface area contributed by atoms with Crippen molar-refractivity contribution in [3.05, 3.63) is 42.0 Å². The van der Waals surface area contributed by atoms with Gasteiger partial charge in [-0.25, -0.2) is 0 Å². The molecule has 2 unspecified atom stereocenters. The molecule has 3 nitrogen and oxygen atoms in total. The van der Waals surface area contributed by atoms with Gasteiger partial charge in [0.2, 0.25) is 0 Å². The van der Waals surface area contributed by atoms with E-state index in [1.54, 1.807) is 7.11 Å². The number of hydrogen-bond donors (Lipinski definition) is 0. The quantitative estimate of drug-likeness (QED) is 0.711. The van der Waals surface area contributed by atoms with Gasteiger partial charge in [-0.3, -0.25) is 4.79 Å². The van der Waals surface area contributed by atoms with Gasteiger partial charge in [0.1, 0.15) is 5.60 Å². The third-order valence-electron chi connectivity index (χ3n) is 3.90. The van der Waals surface area contributed by atoms with E-state index in [-0.39, 0.29) is 11.9 Å². The van der Waals surface area contributed by atoms with Crippen molar-refractivity contribution in [3.63, 3.8) is 0 Å². The summed E-state index contributed by atoms with van der Waals surface area (Å²) >= 11 is 0. The van der Waals surface area contributed by atoms with Crippen molar-refractivity contribution in [3.8, 4) is 0 Å². The molecule has 0 heterocycles. The topological polar surface area (TPSA) is 35.5 Å². The predicted octanol–water partition coefficient (Wildman–Crippen LogP) is 4.06. The van der Waals surface area contributed by atoms with Gasteiger partial charge in [-0.15, -0.1) is 0 Å². The normalized spacial score (nSPS) is 23.5. The molecular formula is C18H26O3Si. The molecule has 2 rings (SSSR count). The van der Waals surface area contributed by atoms with Gasteiger partial charge in [0.05, 0.1) is 6.10 Å². The number of hydrogen-bond acceptors (Lipinski definition) is 3. The number of ether oxygens (including phenoxy) is 1. The van der Waals surface area contributed by atoms with Gasteiger partial charge in [-0.05, 0) is 31.6 Å². The molecule has 1 saturated carbocycles. The highest BCUT2D eigenvalue weighted by Gasteiger charge is 2.50. The third-order valence-corrected chi connectivity index (χ3v) is 4.91. The standard InChI is InChI=1S/C18H26O3Si/c1-20-16(11-10-15-8-6-5-7-9-15)14-18(13-12-17(18)19)21-22(2,3)4/h5-11,16H,12-14H2,1-4H3/b11-10+. The Bertz CT molecular complexity index is 533. The second-order valence-corrected chi connectivity index (χ2v) is 11.3. The number of Topliss-reactive ketones (excluding diaryl/α,β-unsaturated/α-hetero) is 1. The lowest BCUT2D eigenvalue weighted by Gasteiger charge is -2.45. The van der Waals surface area contributed by atoms with Crippen LogP contribution in [0.5, 0.6) is 0 Å². The van der Waals surface area contributed by atoms with Crippen molar-refractivity contribution in [2.75, 3.05) is 7.11 Å². The molecule has 0 bridgehead atoms. The molecular weight excluding hydrogens is 292 g/mol. The summed E-state index contributed by atoms with van der Waals surface area (Å²) in [5.41, 5.74) is 0.510. The van der Waals surface area contributed by atoms with Gasteiger partial charge in [-0.1, -0.05) is 42.5 Å². The monoisotopic (exact) mass is 318 g/mol. The Morgan fingerprint density at radius 2 is 1.95 bits per heavy atom. The van der Waals surface area contributed by atoms with Crippen LogP contribution in [0.15, 0.2) is 36.4 Å². The van der Waals surface area contributed by atoms with Crippen molar-refractivity contribution in [1.29, 1.82) is 0 Å². The summed E-state index contributed by atoms with van der Waals surface area (Å²) in [7, 11) is -0.0852. The van der Waals surface area contributed by atoms with E-state index in [1.165, 1.54) is 0 Å². The van der Waals surface area contributed by atoms with Crippen LogP contribution in [0.4, 0.5) is 0 Å². The van der Waals surface area contributed by atoms with E-state index >= 15 is 0 Å². The number of carbonyl (C=O) groups excluding carboxylic acids is 1. The fourth-order valence-corrected chi connectivity index (χ4v) is 4.27. The second-order valence-electron chi connectivity index (χ2n) is 6.88. The molecule has 0 amide bonds. The van der Waals surface area contributed by atoms with Gasteiger partial charge in [0.25, 0.3) is 0 Å². The first-order chi connectivity index (χ1) is 10.3. The summed E-state index contributed by atoms with van der Waals surface area (Å²) in [5.74, 6) is 0.227. The molecule has 22 heavy (non-hydrogen) atoms. The Hall–Kier alpha value is -1.23. The maximum absolute atomic E-state index is 12.2. The minimum Gasteiger partial charge on any atom is -0.405 e. The van der Waals surface area contributed by atoms with Crippen LogP contribution < -0.4 is 0 Å². The molecule has 1 aliphatic carbocycles. The molecule has 1 fully saturated rings. The summed E-state index contributed by atoms with van der Waals surface area (Å²) < 4.78 is 11.8. The zero-order valence-electron chi connectivity index (χ0n) is 14.0. The Kier molecular flexibility index (Phi) is 5.37. The Labute approximate surface area is 134 Å². The first-order valence-electron chi connectivity index (χ1n) is 7.84. The number of ketones is 1. The predicted molar refractivity (Wildman–Crippen MR) is 92.3 cm³/mol. The number of benzene rings is 1. The lowest BCUT2D eigenvalue weighted by atomic mass is 9.75. The van der Waals surface area contributed by atoms with Crippen LogP contribution in [0.2, 0.25) is 19.6 Å². The number of carbonyl (C=O) groups is 1. The fraction of sp³-hybridized carbons (Fsp3) is 0.500. The largest absolute Gasteiger partial charge is 0.405 e. The van der Waals surface area contributed by atoms with Gasteiger partial charge < -0.3 is 9.16 Å². The van der Waals surface area contributed by atoms with E-state index in [0.717, 1.165) is 12.0 Å². The van der Waals surface area contributed by atoms with Crippen LogP contribution >= 0.6 is 0 Å². The Balaban J connectivity index is 2.07. The maximum Gasteiger partial charge on any atom is 0.185 e. The van der Waals surface area contributed by atoms with Crippen LogP contribution in [0, 0.1) is 0 Å². The van der Waals surface area contributed by atoms with Crippen LogP contribution in [0.1, 0.15) is 24.8 Å². The first kappa shape index (κ1) is 17.1. The minimum atomic E-state index is -1.77. The average Bonchev–Trinajstić information content (AvgIpc) is 2.48. The summed E-state index contributed by atoms with van der Waals surface area (Å²) in [6.45, 7) is 6.38. The highest BCUT2D eigenvalue weighted by atomic mass is 28.4. The molecule has 120 valence electrons. The van der Waals surface area contributed by atoms with E-state index < -0.39 is 13.9 Å². The lowest BCUT2D eigenvalue weighted by Crippen LogP contribution is -2.56. The highest BCUT2D eigenvalue weighted by Crippen LogP contribution is 2.39. The molecule has 2 atom stereocenters. The zero-order valence-corrected chi connectivity index (χ0v) is 15.0. The van der Waals surface area contributed by atoms with E-state index in [9.17, 15) is 4.79 Å². The molecule has 0 saturated heterocycles. The van der Waals surface area contributed by atoms with Crippen LogP contribution in [-0.2, 0) is 14.0 Å². The molecule has 0 aromatic heterocycles. The molecule has 1 aliphatic rings. The van der Waals surface area contributed by atoms with Crippen LogP contribution in [0.3, 0.4) is 0 Å². The summed E-state index contributed by atoms with van der Waals surface area (Å²) in [6.07, 6.45) is 6.00. The summed E-state index contributed by atoms with van der Waals surface area (Å²) in [4.78, 5) is 12.2. The zero-order chi connectivity index (χ0) is 16.2. The summed E-state index contributed by atoms with van der Waals surface area (Å²) in [6, 6.07) is 10.1. The average molecular weight is 318 g/mol. The maximum atomic E-state index is 12.2. The molecule has 0 radical (unpaired) electrons. The Morgan fingerprint density at radius 1 is 1.27 bits per heavy atom. The highest BCUT2D eigenvalue weighted by molar-refractivity contribution is 6.70. The van der Waals surface area contributed by atoms with E-state index in [0.29, 0.717) is 12.8 Å². The van der Waals surface area contributed by atoms with Gasteiger partial charge in [0.15, 0.2) is 14.1 Å². The molecule has 0 spiro atoms. The molecule has 1 aromatic rings. The minimum absolute atomic E-state index is 0.110. The van der Waals surface area contributed by atoms with Crippen molar-refractivity contribution in [2.45, 2.75) is 50.6 Å². The van der Waals surface area contributed by atoms with Gasteiger partial charge >= 0.3 is 0 Å². The van der Waals surface area contributed by atoms with E-state index in [4.69, 9.17) is 9.16 Å². The molecule has 0 aliphatic heterocycles. The molecule has 0 N–H and O–H groups in total. The number of rotatable bonds is 7. The number of methoxy groups -OCH3 is 1. The lowest BCUT2D eigenvalue weighted by molar-refractivity contribution is -0.151. The smallest absolute Gasteiger partial charge is 0.185 e. The van der Waals surface area contributed by atoms with Crippen molar-refractivity contribution >= 4 is 20.2 Å². The van der Waals surface area contributed by atoms with Crippen LogP contribution in [-0.4, -0.2) is 32.9 Å². The van der Waals surface area contributed by atoms with Gasteiger partial charge in [-0.2, -0.15) is 0 Å². The fourth-order valence-electron chi connectivity index (χ4n) is 2.80. The molecule has 1 aromatic carbocycles.